The van der Waals surface area contributed by atoms with E-state index in [1.165, 1.54) is 66.4 Å². The van der Waals surface area contributed by atoms with Crippen LogP contribution >= 0.6 is 0 Å². The Kier molecular flexibility index (Phi) is 6.93. The summed E-state index contributed by atoms with van der Waals surface area (Å²) < 4.78 is 6.60. The summed E-state index contributed by atoms with van der Waals surface area (Å²) in [6.07, 6.45) is 0. The van der Waals surface area contributed by atoms with Gasteiger partial charge < -0.3 is 9.32 Å². The van der Waals surface area contributed by atoms with Gasteiger partial charge in [-0.1, -0.05) is 178 Å². The zero-order valence-corrected chi connectivity index (χ0v) is 32.4. The third-order valence-corrected chi connectivity index (χ3v) is 13.1. The number of benzene rings is 9. The first-order chi connectivity index (χ1) is 28.5. The molecule has 2 aliphatic carbocycles. The fraction of sp³-hybridized carbons (Fsp3) is 0.0714. The first-order valence-corrected chi connectivity index (χ1v) is 20.3. The maximum absolute atomic E-state index is 6.60. The molecule has 2 nitrogen and oxygen atoms in total. The van der Waals surface area contributed by atoms with E-state index in [-0.39, 0.29) is 5.41 Å². The van der Waals surface area contributed by atoms with Crippen LogP contribution in [0.5, 0.6) is 0 Å². The Morgan fingerprint density at radius 3 is 1.79 bits per heavy atom. The van der Waals surface area contributed by atoms with E-state index in [2.05, 4.69) is 219 Å². The van der Waals surface area contributed by atoms with Crippen LogP contribution in [-0.2, 0) is 10.8 Å². The van der Waals surface area contributed by atoms with Gasteiger partial charge >= 0.3 is 0 Å². The minimum absolute atomic E-state index is 0.210. The van der Waals surface area contributed by atoms with E-state index in [1.54, 1.807) is 0 Å². The molecule has 0 radical (unpaired) electrons. The van der Waals surface area contributed by atoms with Crippen LogP contribution in [0.3, 0.4) is 0 Å². The van der Waals surface area contributed by atoms with Crippen LogP contribution in [0, 0.1) is 0 Å². The smallest absolute Gasteiger partial charge is 0.137 e. The molecule has 0 bridgehead atoms. The molecule has 0 atom stereocenters. The number of hydrogen-bond donors (Lipinski definition) is 0. The predicted molar refractivity (Wildman–Crippen MR) is 241 cm³/mol. The molecule has 274 valence electrons. The normalized spacial score (nSPS) is 14.3. The standard InChI is InChI=1S/C56H39NO/c1-55(2)45-28-12-10-26-43(45)53-49(34-36-18-6-7-23-40(36)54(53)55)57(48-31-17-33-51-52(48)44-27-11-15-32-50(44)58-51)39-22-16-21-38(35-39)56(37-19-4-3-5-20-37)46-29-13-8-24-41(46)42-25-9-14-30-47(42)56/h3-35H,1-2H3. The second-order valence-electron chi connectivity index (χ2n) is 16.4. The summed E-state index contributed by atoms with van der Waals surface area (Å²) in [7, 11) is 0. The molecule has 2 aliphatic rings. The van der Waals surface area contributed by atoms with Crippen LogP contribution < -0.4 is 4.90 Å². The molecule has 1 heterocycles. The van der Waals surface area contributed by atoms with Crippen LogP contribution in [-0.4, -0.2) is 0 Å². The minimum Gasteiger partial charge on any atom is -0.456 e. The molecule has 0 saturated heterocycles. The lowest BCUT2D eigenvalue weighted by Gasteiger charge is -2.35. The molecule has 0 saturated carbocycles. The molecular weight excluding hydrogens is 703 g/mol. The highest BCUT2D eigenvalue weighted by atomic mass is 16.3. The van der Waals surface area contributed by atoms with Crippen LogP contribution in [0.2, 0.25) is 0 Å². The number of hydrogen-bond acceptors (Lipinski definition) is 2. The van der Waals surface area contributed by atoms with Crippen molar-refractivity contribution in [3.05, 3.63) is 234 Å². The van der Waals surface area contributed by atoms with E-state index >= 15 is 0 Å². The van der Waals surface area contributed by atoms with Crippen molar-refractivity contribution >= 4 is 49.8 Å². The maximum atomic E-state index is 6.60. The molecule has 58 heavy (non-hydrogen) atoms. The van der Waals surface area contributed by atoms with Crippen LogP contribution in [0.4, 0.5) is 17.1 Å². The zero-order chi connectivity index (χ0) is 38.6. The molecule has 0 aliphatic heterocycles. The van der Waals surface area contributed by atoms with E-state index in [0.29, 0.717) is 0 Å². The van der Waals surface area contributed by atoms with Gasteiger partial charge in [0, 0.05) is 22.1 Å². The van der Waals surface area contributed by atoms with Crippen LogP contribution in [0.1, 0.15) is 47.2 Å². The lowest BCUT2D eigenvalue weighted by Crippen LogP contribution is -2.28. The average molecular weight is 742 g/mol. The number of rotatable bonds is 5. The van der Waals surface area contributed by atoms with Gasteiger partial charge in [0.1, 0.15) is 11.2 Å². The maximum Gasteiger partial charge on any atom is 0.137 e. The fourth-order valence-corrected chi connectivity index (χ4v) is 10.8. The predicted octanol–water partition coefficient (Wildman–Crippen LogP) is 14.9. The first kappa shape index (κ1) is 33.0. The van der Waals surface area contributed by atoms with Gasteiger partial charge in [0.25, 0.3) is 0 Å². The van der Waals surface area contributed by atoms with Crippen molar-refractivity contribution in [3.63, 3.8) is 0 Å². The van der Waals surface area contributed by atoms with Crippen molar-refractivity contribution in [1.82, 2.24) is 0 Å². The quantitative estimate of drug-likeness (QED) is 0.175. The third-order valence-electron chi connectivity index (χ3n) is 13.1. The highest BCUT2D eigenvalue weighted by Gasteiger charge is 2.46. The van der Waals surface area contributed by atoms with Crippen LogP contribution in [0.15, 0.2) is 205 Å². The largest absolute Gasteiger partial charge is 0.456 e. The molecular formula is C56H39NO. The van der Waals surface area contributed by atoms with E-state index in [9.17, 15) is 0 Å². The SMILES string of the molecule is CC1(C)c2ccccc2-c2c(N(c3cccc(C4(c5ccccc5)c5ccccc5-c5ccccc54)c3)c3cccc4oc5ccccc5c34)cc3ccccc3c21. The van der Waals surface area contributed by atoms with E-state index in [4.69, 9.17) is 4.42 Å². The van der Waals surface area contributed by atoms with Gasteiger partial charge in [-0.25, -0.2) is 0 Å². The summed E-state index contributed by atoms with van der Waals surface area (Å²) in [5.41, 5.74) is 17.3. The fourth-order valence-electron chi connectivity index (χ4n) is 10.8. The molecule has 0 N–H and O–H groups in total. The number of furan rings is 1. The van der Waals surface area contributed by atoms with E-state index in [0.717, 1.165) is 39.0 Å². The average Bonchev–Trinajstić information content (AvgIpc) is 3.89. The topological polar surface area (TPSA) is 16.4 Å². The lowest BCUT2D eigenvalue weighted by molar-refractivity contribution is 0.666. The van der Waals surface area contributed by atoms with Crippen LogP contribution in [0.25, 0.3) is 55.0 Å². The Morgan fingerprint density at radius 1 is 0.431 bits per heavy atom. The molecule has 10 aromatic rings. The molecule has 0 amide bonds. The second-order valence-corrected chi connectivity index (χ2v) is 16.4. The summed E-state index contributed by atoms with van der Waals surface area (Å²) in [4.78, 5) is 2.53. The van der Waals surface area contributed by atoms with Gasteiger partial charge in [-0.05, 0) is 97.2 Å². The molecule has 1 aromatic heterocycles. The summed E-state index contributed by atoms with van der Waals surface area (Å²) in [5, 5.41) is 4.73. The molecule has 0 unspecified atom stereocenters. The third kappa shape index (κ3) is 4.38. The lowest BCUT2D eigenvalue weighted by atomic mass is 9.67. The van der Waals surface area contributed by atoms with Gasteiger partial charge in [0.2, 0.25) is 0 Å². The van der Waals surface area contributed by atoms with E-state index in [1.807, 2.05) is 0 Å². The number of fused-ring (bicyclic) bond motifs is 11. The highest BCUT2D eigenvalue weighted by Crippen LogP contribution is 2.59. The van der Waals surface area contributed by atoms with E-state index < -0.39 is 5.41 Å². The molecule has 0 spiro atoms. The first-order valence-electron chi connectivity index (χ1n) is 20.3. The summed E-state index contributed by atoms with van der Waals surface area (Å²) in [5.74, 6) is 0. The van der Waals surface area contributed by atoms with Gasteiger partial charge in [0.15, 0.2) is 0 Å². The minimum atomic E-state index is -0.537. The number of nitrogens with zero attached hydrogens (tertiary/aromatic N) is 1. The Labute approximate surface area is 338 Å². The summed E-state index contributed by atoms with van der Waals surface area (Å²) in [6.45, 7) is 4.78. The van der Waals surface area contributed by atoms with Gasteiger partial charge in [-0.3, -0.25) is 0 Å². The van der Waals surface area contributed by atoms with Crippen molar-refractivity contribution in [3.8, 4) is 22.3 Å². The van der Waals surface area contributed by atoms with Crippen molar-refractivity contribution < 1.29 is 4.42 Å². The Bertz CT molecular complexity index is 3230. The van der Waals surface area contributed by atoms with Crippen molar-refractivity contribution in [2.45, 2.75) is 24.7 Å². The molecule has 2 heteroatoms. The van der Waals surface area contributed by atoms with Crippen molar-refractivity contribution in [2.75, 3.05) is 4.90 Å². The second kappa shape index (κ2) is 12.2. The Hall–Kier alpha value is -7.16. The summed E-state index contributed by atoms with van der Waals surface area (Å²) in [6, 6.07) is 73.8. The van der Waals surface area contributed by atoms with Gasteiger partial charge in [-0.15, -0.1) is 0 Å². The number of para-hydroxylation sites is 1. The monoisotopic (exact) mass is 741 g/mol. The Morgan fingerprint density at radius 2 is 1.02 bits per heavy atom. The van der Waals surface area contributed by atoms with Crippen molar-refractivity contribution in [1.29, 1.82) is 0 Å². The summed E-state index contributed by atoms with van der Waals surface area (Å²) >= 11 is 0. The van der Waals surface area contributed by atoms with Gasteiger partial charge in [0.05, 0.1) is 22.2 Å². The highest BCUT2D eigenvalue weighted by molar-refractivity contribution is 6.15. The molecule has 9 aromatic carbocycles. The Balaban J connectivity index is 1.22. The van der Waals surface area contributed by atoms with Crippen molar-refractivity contribution in [2.24, 2.45) is 0 Å². The van der Waals surface area contributed by atoms with Gasteiger partial charge in [-0.2, -0.15) is 0 Å². The zero-order valence-electron chi connectivity index (χ0n) is 32.4. The molecule has 12 rings (SSSR count). The molecule has 0 fully saturated rings. The number of anilines is 3.